The Balaban J connectivity index is 0. The molecule has 0 aliphatic rings. The fraction of sp³-hybridized carbons (Fsp3) is 0.833. The number of carbonyl (C=O) groups excluding carboxylic acids is 1. The Kier molecular flexibility index (Phi) is 11.0. The van der Waals surface area contributed by atoms with Crippen LogP contribution in [0.25, 0.3) is 0 Å². The summed E-state index contributed by atoms with van der Waals surface area (Å²) in [4.78, 5) is 10.9. The van der Waals surface area contributed by atoms with E-state index < -0.39 is 6.48 Å². The summed E-state index contributed by atoms with van der Waals surface area (Å²) in [6.07, 6.45) is 0.750. The molecule has 0 saturated heterocycles. The van der Waals surface area contributed by atoms with Crippen LogP contribution in [0.1, 0.15) is 0 Å². The molecular formula is C6H15NO4. The number of amides is 1. The normalized spacial score (nSPS) is 8.55. The van der Waals surface area contributed by atoms with Crippen LogP contribution >= 0.6 is 0 Å². The Morgan fingerprint density at radius 2 is 1.64 bits per heavy atom. The first-order valence-electron chi connectivity index (χ1n) is 2.93. The number of nitrogens with zero attached hydrogens (tertiary/aromatic N) is 1. The number of aliphatic hydroxyl groups excluding tert-OH is 1. The molecule has 0 spiro atoms. The number of carbonyl (C=O) groups is 1. The quantitative estimate of drug-likeness (QED) is 0.442. The second-order valence-electron chi connectivity index (χ2n) is 1.85. The monoisotopic (exact) mass is 165 g/mol. The summed E-state index contributed by atoms with van der Waals surface area (Å²) in [6, 6.07) is 0. The first kappa shape index (κ1) is 13.0. The highest BCUT2D eigenvalue weighted by atomic mass is 16.8. The van der Waals surface area contributed by atoms with Crippen LogP contribution in [0.4, 0.5) is 0 Å². The minimum absolute atomic E-state index is 0.750. The van der Waals surface area contributed by atoms with Crippen molar-refractivity contribution in [2.45, 2.75) is 6.48 Å². The van der Waals surface area contributed by atoms with Crippen LogP contribution < -0.4 is 0 Å². The van der Waals surface area contributed by atoms with Crippen molar-refractivity contribution in [3.63, 3.8) is 0 Å². The Bertz CT molecular complexity index is 82.7. The van der Waals surface area contributed by atoms with Crippen molar-refractivity contribution < 1.29 is 19.4 Å². The van der Waals surface area contributed by atoms with E-state index in [4.69, 9.17) is 5.11 Å². The fourth-order valence-electron chi connectivity index (χ4n) is 0.0962. The van der Waals surface area contributed by atoms with Crippen molar-refractivity contribution in [1.29, 1.82) is 0 Å². The highest BCUT2D eigenvalue weighted by Crippen LogP contribution is 1.78. The summed E-state index contributed by atoms with van der Waals surface area (Å²) in [6.45, 7) is -1.06. The summed E-state index contributed by atoms with van der Waals surface area (Å²) >= 11 is 0. The molecule has 0 radical (unpaired) electrons. The number of ether oxygens (including phenoxy) is 2. The van der Waals surface area contributed by atoms with E-state index in [2.05, 4.69) is 9.47 Å². The minimum atomic E-state index is -1.06. The zero-order valence-electron chi connectivity index (χ0n) is 7.27. The van der Waals surface area contributed by atoms with Crippen molar-refractivity contribution in [2.24, 2.45) is 0 Å². The predicted molar refractivity (Wildman–Crippen MR) is 39.8 cm³/mol. The molecule has 0 rings (SSSR count). The van der Waals surface area contributed by atoms with E-state index in [1.165, 1.54) is 19.1 Å². The molecule has 1 amide bonds. The third-order valence-corrected chi connectivity index (χ3v) is 0.614. The van der Waals surface area contributed by atoms with Gasteiger partial charge in [0.15, 0.2) is 0 Å². The molecule has 0 atom stereocenters. The van der Waals surface area contributed by atoms with Gasteiger partial charge in [-0.05, 0) is 0 Å². The largest absolute Gasteiger partial charge is 0.351 e. The Hall–Kier alpha value is -0.650. The lowest BCUT2D eigenvalue weighted by atomic mass is 11.0. The van der Waals surface area contributed by atoms with Crippen LogP contribution in [0, 0.1) is 0 Å². The maximum absolute atomic E-state index is 9.43. The Morgan fingerprint density at radius 1 is 1.36 bits per heavy atom. The van der Waals surface area contributed by atoms with Gasteiger partial charge in [-0.2, -0.15) is 0 Å². The summed E-state index contributed by atoms with van der Waals surface area (Å²) in [7, 11) is 6.09. The molecule has 0 aromatic rings. The third kappa shape index (κ3) is 17.6. The molecule has 11 heavy (non-hydrogen) atoms. The highest BCUT2D eigenvalue weighted by Gasteiger charge is 1.90. The van der Waals surface area contributed by atoms with Gasteiger partial charge in [0.1, 0.15) is 0 Å². The lowest BCUT2D eigenvalue weighted by Gasteiger charge is -2.01. The number of rotatable bonds is 3. The molecular weight excluding hydrogens is 150 g/mol. The standard InChI is InChI=1S/C3H7NO.C3H8O3/c1-4(2)3-5;1-5-3(4)6-2/h3H,1-2H3;3-4H,1-2H3. The van der Waals surface area contributed by atoms with Gasteiger partial charge in [0.05, 0.1) is 0 Å². The van der Waals surface area contributed by atoms with E-state index in [0.717, 1.165) is 6.41 Å². The van der Waals surface area contributed by atoms with Crippen LogP contribution in [0.15, 0.2) is 0 Å². The van der Waals surface area contributed by atoms with Crippen LogP contribution in [-0.4, -0.2) is 51.2 Å². The van der Waals surface area contributed by atoms with Crippen molar-refractivity contribution in [1.82, 2.24) is 4.90 Å². The smallest absolute Gasteiger partial charge is 0.268 e. The molecule has 0 aromatic heterocycles. The second-order valence-corrected chi connectivity index (χ2v) is 1.85. The average molecular weight is 165 g/mol. The van der Waals surface area contributed by atoms with Gasteiger partial charge in [-0.25, -0.2) is 0 Å². The van der Waals surface area contributed by atoms with Gasteiger partial charge in [0.25, 0.3) is 6.48 Å². The van der Waals surface area contributed by atoms with E-state index >= 15 is 0 Å². The molecule has 0 aliphatic carbocycles. The van der Waals surface area contributed by atoms with Gasteiger partial charge in [0, 0.05) is 28.3 Å². The average Bonchev–Trinajstić information content (AvgIpc) is 2.04. The van der Waals surface area contributed by atoms with Crippen LogP contribution in [-0.2, 0) is 14.3 Å². The summed E-state index contributed by atoms with van der Waals surface area (Å²) in [5, 5.41) is 8.22. The lowest BCUT2D eigenvalue weighted by molar-refractivity contribution is -0.236. The van der Waals surface area contributed by atoms with E-state index in [-0.39, 0.29) is 0 Å². The number of hydrogen-bond donors (Lipinski definition) is 1. The SMILES string of the molecule is CN(C)C=O.COC(O)OC. The minimum Gasteiger partial charge on any atom is -0.351 e. The molecule has 0 aromatic carbocycles. The van der Waals surface area contributed by atoms with E-state index in [0.29, 0.717) is 0 Å². The van der Waals surface area contributed by atoms with E-state index in [1.807, 2.05) is 0 Å². The van der Waals surface area contributed by atoms with E-state index in [1.54, 1.807) is 14.1 Å². The van der Waals surface area contributed by atoms with Crippen molar-refractivity contribution in [3.8, 4) is 0 Å². The molecule has 0 aliphatic heterocycles. The Morgan fingerprint density at radius 3 is 1.64 bits per heavy atom. The molecule has 5 heteroatoms. The molecule has 0 unspecified atom stereocenters. The van der Waals surface area contributed by atoms with E-state index in [9.17, 15) is 4.79 Å². The number of hydrogen-bond acceptors (Lipinski definition) is 4. The first-order chi connectivity index (χ1) is 5.08. The molecule has 5 nitrogen and oxygen atoms in total. The van der Waals surface area contributed by atoms with Crippen molar-refractivity contribution >= 4 is 6.41 Å². The number of aliphatic hydroxyl groups is 1. The van der Waals surface area contributed by atoms with Crippen molar-refractivity contribution in [3.05, 3.63) is 0 Å². The van der Waals surface area contributed by atoms with Gasteiger partial charge in [-0.15, -0.1) is 0 Å². The molecule has 0 fully saturated rings. The van der Waals surface area contributed by atoms with Gasteiger partial charge >= 0.3 is 0 Å². The predicted octanol–water partition coefficient (Wildman–Crippen LogP) is -0.741. The second kappa shape index (κ2) is 9.35. The van der Waals surface area contributed by atoms with Crippen LogP contribution in [0.2, 0.25) is 0 Å². The van der Waals surface area contributed by atoms with Gasteiger partial charge in [-0.1, -0.05) is 0 Å². The van der Waals surface area contributed by atoms with Gasteiger partial charge < -0.3 is 19.5 Å². The topological polar surface area (TPSA) is 59.0 Å². The molecule has 1 N–H and O–H groups in total. The summed E-state index contributed by atoms with van der Waals surface area (Å²) < 4.78 is 8.47. The Labute approximate surface area is 66.5 Å². The zero-order chi connectivity index (χ0) is 9.28. The highest BCUT2D eigenvalue weighted by molar-refractivity contribution is 5.45. The molecule has 0 heterocycles. The summed E-state index contributed by atoms with van der Waals surface area (Å²) in [5.74, 6) is 0. The molecule has 0 bridgehead atoms. The van der Waals surface area contributed by atoms with Crippen molar-refractivity contribution in [2.75, 3.05) is 28.3 Å². The maximum atomic E-state index is 9.43. The van der Waals surface area contributed by atoms with Gasteiger partial charge in [0.2, 0.25) is 6.41 Å². The number of methoxy groups -OCH3 is 2. The maximum Gasteiger partial charge on any atom is 0.268 e. The zero-order valence-corrected chi connectivity index (χ0v) is 7.27. The fourth-order valence-corrected chi connectivity index (χ4v) is 0.0962. The molecule has 68 valence electrons. The van der Waals surface area contributed by atoms with Gasteiger partial charge in [-0.3, -0.25) is 4.79 Å². The van der Waals surface area contributed by atoms with Crippen LogP contribution in [0.5, 0.6) is 0 Å². The van der Waals surface area contributed by atoms with Crippen LogP contribution in [0.3, 0.4) is 0 Å². The first-order valence-corrected chi connectivity index (χ1v) is 2.93. The third-order valence-electron chi connectivity index (χ3n) is 0.614. The summed E-state index contributed by atoms with van der Waals surface area (Å²) in [5.41, 5.74) is 0. The lowest BCUT2D eigenvalue weighted by Crippen LogP contribution is -2.09. The molecule has 0 saturated carbocycles.